The molecule has 11 heteroatoms. The summed E-state index contributed by atoms with van der Waals surface area (Å²) in [5.74, 6) is -2.39. The standard InChI is InChI=1S/C30H29ClN4O5S/c31-21-6-1-5-20(16-21)28(36)25-24(23-8-3-15-41-23)27(30(38)33-13-11-32-12-14-33)34(29(37)18-9-10-18)26(25)19-4-2-7-22(17-19)35(39)40/h1-8,15-18,24-27,32H,9-14H2. The van der Waals surface area contributed by atoms with Crippen molar-refractivity contribution >= 4 is 46.2 Å². The first-order chi connectivity index (χ1) is 19.8. The number of benzene rings is 2. The molecule has 3 heterocycles. The lowest BCUT2D eigenvalue weighted by Gasteiger charge is -2.36. The minimum atomic E-state index is -0.933. The van der Waals surface area contributed by atoms with E-state index in [0.717, 1.165) is 4.88 Å². The number of non-ortho nitro benzene ring substituents is 1. The number of carbonyl (C=O) groups is 3. The number of ketones is 1. The van der Waals surface area contributed by atoms with Crippen molar-refractivity contribution in [3.8, 4) is 0 Å². The predicted molar refractivity (Wildman–Crippen MR) is 155 cm³/mol. The number of likely N-dealkylation sites (tertiary alicyclic amines) is 1. The summed E-state index contributed by atoms with van der Waals surface area (Å²) in [6.07, 6.45) is 1.42. The van der Waals surface area contributed by atoms with Gasteiger partial charge in [0.15, 0.2) is 5.78 Å². The molecule has 0 bridgehead atoms. The molecule has 4 unspecified atom stereocenters. The van der Waals surface area contributed by atoms with E-state index in [1.165, 1.54) is 23.5 Å². The van der Waals surface area contributed by atoms with Gasteiger partial charge in [-0.15, -0.1) is 11.3 Å². The van der Waals surface area contributed by atoms with Crippen molar-refractivity contribution < 1.29 is 19.3 Å². The van der Waals surface area contributed by atoms with Gasteiger partial charge < -0.3 is 15.1 Å². The van der Waals surface area contributed by atoms with Crippen molar-refractivity contribution in [2.75, 3.05) is 26.2 Å². The van der Waals surface area contributed by atoms with Gasteiger partial charge in [-0.05, 0) is 42.0 Å². The third kappa shape index (κ3) is 5.27. The fraction of sp³-hybridized carbons (Fsp3) is 0.367. The highest BCUT2D eigenvalue weighted by Gasteiger charge is 2.59. The van der Waals surface area contributed by atoms with Gasteiger partial charge in [-0.2, -0.15) is 0 Å². The molecule has 1 aromatic heterocycles. The molecule has 0 spiro atoms. The van der Waals surface area contributed by atoms with E-state index in [1.807, 2.05) is 17.5 Å². The third-order valence-electron chi connectivity index (χ3n) is 8.24. The summed E-state index contributed by atoms with van der Waals surface area (Å²) in [5.41, 5.74) is 0.694. The number of hydrogen-bond acceptors (Lipinski definition) is 7. The number of halogens is 1. The Morgan fingerprint density at radius 1 is 0.976 bits per heavy atom. The number of nitrogens with one attached hydrogen (secondary N) is 1. The van der Waals surface area contributed by atoms with Gasteiger partial charge in [0.1, 0.15) is 6.04 Å². The average Bonchev–Trinajstić information content (AvgIpc) is 3.58. The molecule has 2 aromatic carbocycles. The summed E-state index contributed by atoms with van der Waals surface area (Å²) in [6.45, 7) is 2.26. The predicted octanol–water partition coefficient (Wildman–Crippen LogP) is 4.69. The first-order valence-electron chi connectivity index (χ1n) is 13.7. The summed E-state index contributed by atoms with van der Waals surface area (Å²) in [7, 11) is 0. The first-order valence-corrected chi connectivity index (χ1v) is 15.0. The van der Waals surface area contributed by atoms with Crippen molar-refractivity contribution in [3.05, 3.63) is 97.2 Å². The fourth-order valence-electron chi connectivity index (χ4n) is 6.22. The molecule has 4 atom stereocenters. The molecule has 3 aromatic rings. The molecule has 1 aliphatic carbocycles. The zero-order valence-electron chi connectivity index (χ0n) is 22.1. The summed E-state index contributed by atoms with van der Waals surface area (Å²) >= 11 is 7.74. The van der Waals surface area contributed by atoms with Crippen LogP contribution in [0.1, 0.15) is 45.6 Å². The number of Topliss-reactive ketones (excluding diaryl/α,β-unsaturated/α-hetero) is 1. The number of piperazine rings is 1. The van der Waals surface area contributed by atoms with Crippen LogP contribution < -0.4 is 5.32 Å². The van der Waals surface area contributed by atoms with Crippen LogP contribution in [0.15, 0.2) is 66.0 Å². The van der Waals surface area contributed by atoms with Gasteiger partial charge in [0.2, 0.25) is 11.8 Å². The van der Waals surface area contributed by atoms with Crippen LogP contribution >= 0.6 is 22.9 Å². The highest BCUT2D eigenvalue weighted by molar-refractivity contribution is 7.10. The molecule has 2 saturated heterocycles. The van der Waals surface area contributed by atoms with Gasteiger partial charge in [-0.1, -0.05) is 41.9 Å². The van der Waals surface area contributed by atoms with Crippen LogP contribution in [0, 0.1) is 22.0 Å². The monoisotopic (exact) mass is 592 g/mol. The fourth-order valence-corrected chi connectivity index (χ4v) is 7.31. The molecule has 6 rings (SSSR count). The van der Waals surface area contributed by atoms with Crippen molar-refractivity contribution in [2.45, 2.75) is 30.8 Å². The molecule has 0 radical (unpaired) electrons. The van der Waals surface area contributed by atoms with E-state index in [9.17, 15) is 24.5 Å². The molecule has 2 aliphatic heterocycles. The van der Waals surface area contributed by atoms with Crippen molar-refractivity contribution in [1.82, 2.24) is 15.1 Å². The average molecular weight is 593 g/mol. The Balaban J connectivity index is 1.57. The smallest absolute Gasteiger partial charge is 0.269 e. The minimum Gasteiger partial charge on any atom is -0.338 e. The number of hydrogen-bond donors (Lipinski definition) is 1. The molecular formula is C30H29ClN4O5S. The second kappa shape index (κ2) is 11.3. The minimum absolute atomic E-state index is 0.139. The zero-order chi connectivity index (χ0) is 28.7. The summed E-state index contributed by atoms with van der Waals surface area (Å²) in [6, 6.07) is 14.7. The van der Waals surface area contributed by atoms with Crippen LogP contribution in [0.5, 0.6) is 0 Å². The van der Waals surface area contributed by atoms with E-state index < -0.39 is 28.8 Å². The Morgan fingerprint density at radius 3 is 2.39 bits per heavy atom. The largest absolute Gasteiger partial charge is 0.338 e. The molecule has 2 amide bonds. The highest BCUT2D eigenvalue weighted by atomic mass is 35.5. The molecule has 1 N–H and O–H groups in total. The number of carbonyl (C=O) groups excluding carboxylic acids is 3. The Labute approximate surface area is 246 Å². The van der Waals surface area contributed by atoms with Crippen LogP contribution in [0.3, 0.4) is 0 Å². The summed E-state index contributed by atoms with van der Waals surface area (Å²) < 4.78 is 0. The molecular weight excluding hydrogens is 564 g/mol. The van der Waals surface area contributed by atoms with Gasteiger partial charge in [0.25, 0.3) is 5.69 Å². The van der Waals surface area contributed by atoms with E-state index in [2.05, 4.69) is 5.32 Å². The maximum Gasteiger partial charge on any atom is 0.269 e. The molecule has 3 aliphatic rings. The molecule has 41 heavy (non-hydrogen) atoms. The SMILES string of the molecule is O=C(c1cccc(Cl)c1)C1C(c2cccs2)C(C(=O)N2CCNCC2)N(C(=O)C2CC2)C1c1cccc([N+](=O)[O-])c1. The zero-order valence-corrected chi connectivity index (χ0v) is 23.7. The molecule has 9 nitrogen and oxygen atoms in total. The Kier molecular flexibility index (Phi) is 7.63. The molecule has 1 saturated carbocycles. The topological polar surface area (TPSA) is 113 Å². The maximum absolute atomic E-state index is 14.5. The number of nitrogens with zero attached hydrogens (tertiary/aromatic N) is 3. The third-order valence-corrected chi connectivity index (χ3v) is 9.44. The van der Waals surface area contributed by atoms with E-state index in [-0.39, 0.29) is 29.2 Å². The quantitative estimate of drug-likeness (QED) is 0.242. The van der Waals surface area contributed by atoms with Crippen molar-refractivity contribution in [2.24, 2.45) is 11.8 Å². The normalized spacial score (nSPS) is 24.3. The lowest BCUT2D eigenvalue weighted by molar-refractivity contribution is -0.385. The Morgan fingerprint density at radius 2 is 1.73 bits per heavy atom. The van der Waals surface area contributed by atoms with E-state index in [1.54, 1.807) is 46.2 Å². The molecule has 3 fully saturated rings. The number of thiophene rings is 1. The lowest BCUT2D eigenvalue weighted by Crippen LogP contribution is -2.55. The second-order valence-electron chi connectivity index (χ2n) is 10.8. The Hall–Kier alpha value is -3.60. The van der Waals surface area contributed by atoms with E-state index >= 15 is 0 Å². The number of amides is 2. The number of rotatable bonds is 7. The van der Waals surface area contributed by atoms with Crippen molar-refractivity contribution in [1.29, 1.82) is 0 Å². The highest BCUT2D eigenvalue weighted by Crippen LogP contribution is 2.54. The van der Waals surface area contributed by atoms with Crippen LogP contribution in [-0.2, 0) is 9.59 Å². The van der Waals surface area contributed by atoms with Gasteiger partial charge >= 0.3 is 0 Å². The maximum atomic E-state index is 14.5. The van der Waals surface area contributed by atoms with Crippen LogP contribution in [0.4, 0.5) is 5.69 Å². The molecule has 212 valence electrons. The Bertz CT molecular complexity index is 1490. The van der Waals surface area contributed by atoms with E-state index in [4.69, 9.17) is 11.6 Å². The van der Waals surface area contributed by atoms with Gasteiger partial charge in [0, 0.05) is 65.6 Å². The lowest BCUT2D eigenvalue weighted by atomic mass is 9.78. The first kappa shape index (κ1) is 27.6. The van der Waals surface area contributed by atoms with Gasteiger partial charge in [0.05, 0.1) is 16.9 Å². The van der Waals surface area contributed by atoms with Crippen LogP contribution in [0.2, 0.25) is 5.02 Å². The second-order valence-corrected chi connectivity index (χ2v) is 12.2. The number of nitro groups is 1. The summed E-state index contributed by atoms with van der Waals surface area (Å²) in [5, 5.41) is 17.3. The van der Waals surface area contributed by atoms with Crippen molar-refractivity contribution in [3.63, 3.8) is 0 Å². The van der Waals surface area contributed by atoms with Gasteiger partial charge in [-0.3, -0.25) is 24.5 Å². The van der Waals surface area contributed by atoms with Gasteiger partial charge in [-0.25, -0.2) is 0 Å². The number of nitro benzene ring substituents is 1. The van der Waals surface area contributed by atoms with Crippen LogP contribution in [-0.4, -0.2) is 64.5 Å². The van der Waals surface area contributed by atoms with E-state index in [0.29, 0.717) is 55.2 Å². The van der Waals surface area contributed by atoms with Crippen LogP contribution in [0.25, 0.3) is 0 Å². The summed E-state index contributed by atoms with van der Waals surface area (Å²) in [4.78, 5) is 58.6.